The minimum atomic E-state index is -4.96. The van der Waals surface area contributed by atoms with Crippen molar-refractivity contribution in [2.45, 2.75) is 63.3 Å². The molecule has 1 aromatic rings. The number of hydrogen-bond donors (Lipinski definition) is 1. The molecule has 2 aliphatic rings. The fourth-order valence-electron chi connectivity index (χ4n) is 3.99. The molecule has 1 aliphatic heterocycles. The summed E-state index contributed by atoms with van der Waals surface area (Å²) in [5.74, 6) is -0.670. The summed E-state index contributed by atoms with van der Waals surface area (Å²) in [6.45, 7) is 3.93. The highest BCUT2D eigenvalue weighted by Crippen LogP contribution is 2.43. The standard InChI is InChI=1S/C18H26F3N3O2S/c1-13-12-27-16(22-13)17(26,18(19,20)21)11-15(25)24-8-4-7-23(9-10-24)14-5-2-3-6-14/h12,14,26H,2-11H2,1H3. The third-order valence-corrected chi connectivity index (χ3v) is 6.68. The molecule has 27 heavy (non-hydrogen) atoms. The summed E-state index contributed by atoms with van der Waals surface area (Å²) < 4.78 is 40.8. The molecule has 0 bridgehead atoms. The molecule has 2 heterocycles. The molecule has 1 N–H and O–H groups in total. The second kappa shape index (κ2) is 8.05. The average molecular weight is 405 g/mol. The Balaban J connectivity index is 1.68. The van der Waals surface area contributed by atoms with Crippen molar-refractivity contribution < 1.29 is 23.1 Å². The van der Waals surface area contributed by atoms with Crippen LogP contribution in [0.4, 0.5) is 13.2 Å². The van der Waals surface area contributed by atoms with Gasteiger partial charge in [0.1, 0.15) is 5.01 Å². The second-order valence-electron chi connectivity index (χ2n) is 7.54. The van der Waals surface area contributed by atoms with Gasteiger partial charge in [-0.3, -0.25) is 9.69 Å². The zero-order valence-corrected chi connectivity index (χ0v) is 16.3. The van der Waals surface area contributed by atoms with E-state index in [1.54, 1.807) is 6.92 Å². The number of aromatic nitrogens is 1. The van der Waals surface area contributed by atoms with E-state index in [9.17, 15) is 23.1 Å². The Morgan fingerprint density at radius 2 is 1.93 bits per heavy atom. The van der Waals surface area contributed by atoms with Gasteiger partial charge >= 0.3 is 6.18 Å². The van der Waals surface area contributed by atoms with Crippen LogP contribution >= 0.6 is 11.3 Å². The quantitative estimate of drug-likeness (QED) is 0.837. The molecule has 0 radical (unpaired) electrons. The van der Waals surface area contributed by atoms with E-state index in [1.807, 2.05) is 0 Å². The van der Waals surface area contributed by atoms with E-state index < -0.39 is 29.1 Å². The Hall–Kier alpha value is -1.19. The number of aliphatic hydroxyl groups is 1. The lowest BCUT2D eigenvalue weighted by molar-refractivity contribution is -0.268. The van der Waals surface area contributed by atoms with E-state index in [4.69, 9.17) is 0 Å². The number of halogens is 3. The van der Waals surface area contributed by atoms with E-state index in [1.165, 1.54) is 23.1 Å². The molecule has 1 aliphatic carbocycles. The lowest BCUT2D eigenvalue weighted by Gasteiger charge is -2.31. The summed E-state index contributed by atoms with van der Waals surface area (Å²) in [6, 6.07) is 0.533. The Bertz CT molecular complexity index is 661. The summed E-state index contributed by atoms with van der Waals surface area (Å²) in [7, 11) is 0. The normalized spacial score (nSPS) is 22.6. The molecule has 1 atom stereocenters. The first-order valence-corrected chi connectivity index (χ1v) is 10.3. The number of aryl methyl sites for hydroxylation is 1. The minimum Gasteiger partial charge on any atom is -0.374 e. The maximum absolute atomic E-state index is 13.6. The van der Waals surface area contributed by atoms with Gasteiger partial charge in [0.2, 0.25) is 11.5 Å². The van der Waals surface area contributed by atoms with Gasteiger partial charge < -0.3 is 10.0 Å². The van der Waals surface area contributed by atoms with E-state index in [0.29, 0.717) is 31.4 Å². The molecule has 1 aromatic heterocycles. The number of nitrogens with zero attached hydrogens (tertiary/aromatic N) is 3. The highest BCUT2D eigenvalue weighted by atomic mass is 32.1. The first kappa shape index (κ1) is 20.5. The number of thiazole rings is 1. The van der Waals surface area contributed by atoms with Gasteiger partial charge in [0.25, 0.3) is 0 Å². The molecule has 3 rings (SSSR count). The molecule has 5 nitrogen and oxygen atoms in total. The third-order valence-electron chi connectivity index (χ3n) is 5.57. The number of rotatable bonds is 4. The smallest absolute Gasteiger partial charge is 0.374 e. The van der Waals surface area contributed by atoms with Crippen molar-refractivity contribution in [3.8, 4) is 0 Å². The van der Waals surface area contributed by atoms with E-state index >= 15 is 0 Å². The maximum atomic E-state index is 13.6. The maximum Gasteiger partial charge on any atom is 0.424 e. The first-order valence-electron chi connectivity index (χ1n) is 9.44. The van der Waals surface area contributed by atoms with Crippen molar-refractivity contribution >= 4 is 17.2 Å². The summed E-state index contributed by atoms with van der Waals surface area (Å²) in [6.07, 6.45) is -0.494. The van der Waals surface area contributed by atoms with Gasteiger partial charge in [-0.15, -0.1) is 11.3 Å². The molecule has 2 fully saturated rings. The summed E-state index contributed by atoms with van der Waals surface area (Å²) >= 11 is 0.733. The monoisotopic (exact) mass is 405 g/mol. The Kier molecular flexibility index (Phi) is 6.12. The molecule has 1 saturated heterocycles. The Labute approximate surface area is 161 Å². The van der Waals surface area contributed by atoms with Crippen molar-refractivity contribution in [1.29, 1.82) is 0 Å². The van der Waals surface area contributed by atoms with Crippen LogP contribution in [-0.2, 0) is 10.4 Å². The zero-order chi connectivity index (χ0) is 19.7. The molecular weight excluding hydrogens is 379 g/mol. The van der Waals surface area contributed by atoms with E-state index in [-0.39, 0.29) is 0 Å². The second-order valence-corrected chi connectivity index (χ2v) is 8.40. The van der Waals surface area contributed by atoms with Crippen molar-refractivity contribution in [2.75, 3.05) is 26.2 Å². The van der Waals surface area contributed by atoms with Gasteiger partial charge in [0, 0.05) is 43.3 Å². The van der Waals surface area contributed by atoms with E-state index in [0.717, 1.165) is 37.1 Å². The predicted octanol–water partition coefficient (Wildman–Crippen LogP) is 3.07. The van der Waals surface area contributed by atoms with Gasteiger partial charge in [0.15, 0.2) is 0 Å². The molecule has 1 amide bonds. The van der Waals surface area contributed by atoms with Crippen LogP contribution in [0, 0.1) is 6.92 Å². The summed E-state index contributed by atoms with van der Waals surface area (Å²) in [5, 5.41) is 11.4. The number of alkyl halides is 3. The van der Waals surface area contributed by atoms with Crippen molar-refractivity contribution in [2.24, 2.45) is 0 Å². The fourth-order valence-corrected chi connectivity index (χ4v) is 4.91. The van der Waals surface area contributed by atoms with Gasteiger partial charge in [-0.25, -0.2) is 4.98 Å². The van der Waals surface area contributed by atoms with Crippen LogP contribution < -0.4 is 0 Å². The van der Waals surface area contributed by atoms with Crippen LogP contribution in [-0.4, -0.2) is 64.2 Å². The Morgan fingerprint density at radius 1 is 1.22 bits per heavy atom. The molecule has 1 saturated carbocycles. The summed E-state index contributed by atoms with van der Waals surface area (Å²) in [4.78, 5) is 20.3. The van der Waals surface area contributed by atoms with Crippen LogP contribution in [0.5, 0.6) is 0 Å². The topological polar surface area (TPSA) is 56.7 Å². The van der Waals surface area contributed by atoms with Gasteiger partial charge in [-0.2, -0.15) is 13.2 Å². The van der Waals surface area contributed by atoms with Crippen molar-refractivity contribution in [1.82, 2.24) is 14.8 Å². The van der Waals surface area contributed by atoms with Crippen molar-refractivity contribution in [3.05, 3.63) is 16.1 Å². The lowest BCUT2D eigenvalue weighted by Crippen LogP contribution is -2.47. The number of carbonyl (C=O) groups is 1. The van der Waals surface area contributed by atoms with Crippen LogP contribution in [0.25, 0.3) is 0 Å². The highest BCUT2D eigenvalue weighted by Gasteiger charge is 2.58. The molecule has 152 valence electrons. The Morgan fingerprint density at radius 3 is 2.52 bits per heavy atom. The molecular formula is C18H26F3N3O2S. The first-order chi connectivity index (χ1) is 12.7. The van der Waals surface area contributed by atoms with Gasteiger partial charge in [0.05, 0.1) is 6.42 Å². The largest absolute Gasteiger partial charge is 0.424 e. The SMILES string of the molecule is Cc1csc(C(O)(CC(=O)N2CCCN(C3CCCC3)CC2)C(F)(F)F)n1. The van der Waals surface area contributed by atoms with Crippen LogP contribution in [0.3, 0.4) is 0 Å². The molecule has 9 heteroatoms. The summed E-state index contributed by atoms with van der Waals surface area (Å²) in [5.41, 5.74) is -2.84. The molecule has 1 unspecified atom stereocenters. The molecule has 0 spiro atoms. The number of hydrogen-bond acceptors (Lipinski definition) is 5. The van der Waals surface area contributed by atoms with Gasteiger partial charge in [-0.05, 0) is 26.2 Å². The highest BCUT2D eigenvalue weighted by molar-refractivity contribution is 7.09. The van der Waals surface area contributed by atoms with Gasteiger partial charge in [-0.1, -0.05) is 12.8 Å². The minimum absolute atomic E-state index is 0.395. The zero-order valence-electron chi connectivity index (χ0n) is 15.5. The lowest BCUT2D eigenvalue weighted by atomic mass is 9.98. The fraction of sp³-hybridized carbons (Fsp3) is 0.778. The van der Waals surface area contributed by atoms with Crippen molar-refractivity contribution in [3.63, 3.8) is 0 Å². The predicted molar refractivity (Wildman–Crippen MR) is 96.4 cm³/mol. The number of carbonyl (C=O) groups excluding carboxylic acids is 1. The van der Waals surface area contributed by atoms with Crippen LogP contribution in [0.15, 0.2) is 5.38 Å². The number of amides is 1. The molecule has 0 aromatic carbocycles. The van der Waals surface area contributed by atoms with Crippen LogP contribution in [0.2, 0.25) is 0 Å². The average Bonchev–Trinajstić information content (AvgIpc) is 3.21. The third kappa shape index (κ3) is 4.46. The van der Waals surface area contributed by atoms with Crippen LogP contribution in [0.1, 0.15) is 49.2 Å². The van der Waals surface area contributed by atoms with E-state index in [2.05, 4.69) is 9.88 Å².